The molecule has 0 radical (unpaired) electrons. The lowest BCUT2D eigenvalue weighted by Gasteiger charge is -2.32. The standard InChI is InChI=1S/C25H35NO5S2/c1-4-5-9-23(27)25(2,3)18-10-12-20(13-11-18)26-19(16-17-33(26,30)31)7-6-8-21-14-15-22(32-21)24(28)29/h10-15,19,23,27H,4-9,16-17H2,1-3H3,(H,28,29). The number of rotatable bonds is 11. The Balaban J connectivity index is 1.69. The van der Waals surface area contributed by atoms with Crippen LogP contribution in [0.4, 0.5) is 5.69 Å². The number of thiophene rings is 1. The number of sulfonamides is 1. The summed E-state index contributed by atoms with van der Waals surface area (Å²) < 4.78 is 27.2. The van der Waals surface area contributed by atoms with Crippen LogP contribution in [0.5, 0.6) is 0 Å². The number of aryl methyl sites for hydroxylation is 1. The van der Waals surface area contributed by atoms with Crippen LogP contribution in [0.25, 0.3) is 0 Å². The van der Waals surface area contributed by atoms with Gasteiger partial charge in [-0.3, -0.25) is 4.31 Å². The lowest BCUT2D eigenvalue weighted by molar-refractivity contribution is 0.0702. The van der Waals surface area contributed by atoms with Crippen molar-refractivity contribution in [2.45, 2.75) is 83.3 Å². The van der Waals surface area contributed by atoms with E-state index in [4.69, 9.17) is 5.11 Å². The SMILES string of the molecule is CCCCC(O)C(C)(C)c1ccc(N2C(CCCc3ccc(C(=O)O)s3)CCS2(=O)=O)cc1. The third-order valence-electron chi connectivity index (χ3n) is 6.70. The zero-order valence-electron chi connectivity index (χ0n) is 19.7. The van der Waals surface area contributed by atoms with Crippen LogP contribution < -0.4 is 4.31 Å². The monoisotopic (exact) mass is 493 g/mol. The van der Waals surface area contributed by atoms with Crippen molar-refractivity contribution in [2.75, 3.05) is 10.1 Å². The van der Waals surface area contributed by atoms with E-state index in [1.165, 1.54) is 11.3 Å². The van der Waals surface area contributed by atoms with Crippen molar-refractivity contribution in [2.24, 2.45) is 0 Å². The van der Waals surface area contributed by atoms with Gasteiger partial charge < -0.3 is 10.2 Å². The minimum atomic E-state index is -3.36. The van der Waals surface area contributed by atoms with Crippen LogP contribution in [0, 0.1) is 0 Å². The second-order valence-corrected chi connectivity index (χ2v) is 12.6. The molecule has 2 atom stereocenters. The topological polar surface area (TPSA) is 94.9 Å². The van der Waals surface area contributed by atoms with Crippen LogP contribution in [0.15, 0.2) is 36.4 Å². The fourth-order valence-corrected chi connectivity index (χ4v) is 7.25. The normalized spacial score (nSPS) is 19.0. The molecule has 2 aromatic rings. The highest BCUT2D eigenvalue weighted by Gasteiger charge is 2.37. The maximum absolute atomic E-state index is 12.8. The fraction of sp³-hybridized carbons (Fsp3) is 0.560. The van der Waals surface area contributed by atoms with Gasteiger partial charge in [0.2, 0.25) is 10.0 Å². The molecule has 6 nitrogen and oxygen atoms in total. The molecular formula is C25H35NO5S2. The highest BCUT2D eigenvalue weighted by molar-refractivity contribution is 7.93. The summed E-state index contributed by atoms with van der Waals surface area (Å²) in [4.78, 5) is 12.4. The van der Waals surface area contributed by atoms with Crippen molar-refractivity contribution in [3.8, 4) is 0 Å². The van der Waals surface area contributed by atoms with Crippen molar-refractivity contribution in [3.63, 3.8) is 0 Å². The molecule has 0 saturated carbocycles. The molecule has 1 aromatic heterocycles. The highest BCUT2D eigenvalue weighted by Crippen LogP contribution is 2.35. The molecule has 0 aliphatic carbocycles. The lowest BCUT2D eigenvalue weighted by atomic mass is 9.77. The summed E-state index contributed by atoms with van der Waals surface area (Å²) in [5, 5.41) is 19.7. The quantitative estimate of drug-likeness (QED) is 0.448. The minimum Gasteiger partial charge on any atom is -0.477 e. The van der Waals surface area contributed by atoms with E-state index in [0.717, 1.165) is 49.0 Å². The van der Waals surface area contributed by atoms with Crippen LogP contribution in [0.3, 0.4) is 0 Å². The molecule has 1 fully saturated rings. The number of aliphatic hydroxyl groups is 1. The zero-order chi connectivity index (χ0) is 24.2. The number of hydrogen-bond acceptors (Lipinski definition) is 5. The molecule has 1 saturated heterocycles. The maximum Gasteiger partial charge on any atom is 0.345 e. The van der Waals surface area contributed by atoms with Gasteiger partial charge in [-0.2, -0.15) is 0 Å². The first-order valence-electron chi connectivity index (χ1n) is 11.7. The van der Waals surface area contributed by atoms with E-state index in [-0.39, 0.29) is 11.8 Å². The molecule has 1 aliphatic rings. The van der Waals surface area contributed by atoms with E-state index in [1.807, 2.05) is 44.2 Å². The highest BCUT2D eigenvalue weighted by atomic mass is 32.2. The van der Waals surface area contributed by atoms with Crippen molar-refractivity contribution in [1.82, 2.24) is 0 Å². The van der Waals surface area contributed by atoms with Gasteiger partial charge in [0.1, 0.15) is 4.88 Å². The average Bonchev–Trinajstić information content (AvgIpc) is 3.36. The summed E-state index contributed by atoms with van der Waals surface area (Å²) in [6.07, 6.45) is 5.15. The number of carboxylic acid groups (broad SMARTS) is 1. The smallest absolute Gasteiger partial charge is 0.345 e. The average molecular weight is 494 g/mol. The van der Waals surface area contributed by atoms with E-state index < -0.39 is 27.5 Å². The van der Waals surface area contributed by atoms with Crippen LogP contribution in [-0.4, -0.2) is 42.5 Å². The minimum absolute atomic E-state index is 0.0945. The Morgan fingerprint density at radius 2 is 1.88 bits per heavy atom. The third-order valence-corrected chi connectivity index (χ3v) is 9.70. The Bertz CT molecular complexity index is 1040. The second kappa shape index (κ2) is 10.6. The number of unbranched alkanes of at least 4 members (excludes halogenated alkanes) is 1. The van der Waals surface area contributed by atoms with Gasteiger partial charge in [0.05, 0.1) is 17.5 Å². The predicted octanol–water partition coefficient (Wildman–Crippen LogP) is 5.21. The Labute approximate surface area is 201 Å². The summed E-state index contributed by atoms with van der Waals surface area (Å²) in [5.74, 6) is -0.771. The number of aromatic carboxylic acids is 1. The fourth-order valence-electron chi connectivity index (χ4n) is 4.49. The molecule has 2 heterocycles. The van der Waals surface area contributed by atoms with Gasteiger partial charge >= 0.3 is 5.97 Å². The Kier molecular flexibility index (Phi) is 8.24. The van der Waals surface area contributed by atoms with Gasteiger partial charge in [-0.1, -0.05) is 45.7 Å². The van der Waals surface area contributed by atoms with Gasteiger partial charge in [0.25, 0.3) is 0 Å². The molecule has 1 aliphatic heterocycles. The summed E-state index contributed by atoms with van der Waals surface area (Å²) in [7, 11) is -3.36. The molecule has 0 amide bonds. The van der Waals surface area contributed by atoms with Gasteiger partial charge in [-0.25, -0.2) is 13.2 Å². The Morgan fingerprint density at radius 3 is 2.48 bits per heavy atom. The molecular weight excluding hydrogens is 458 g/mol. The van der Waals surface area contributed by atoms with Gasteiger partial charge in [0, 0.05) is 16.3 Å². The van der Waals surface area contributed by atoms with Gasteiger partial charge in [-0.15, -0.1) is 11.3 Å². The van der Waals surface area contributed by atoms with Crippen molar-refractivity contribution in [1.29, 1.82) is 0 Å². The first-order chi connectivity index (χ1) is 15.6. The van der Waals surface area contributed by atoms with Crippen LogP contribution in [0.2, 0.25) is 0 Å². The maximum atomic E-state index is 12.8. The molecule has 3 rings (SSSR count). The lowest BCUT2D eigenvalue weighted by Crippen LogP contribution is -2.35. The van der Waals surface area contributed by atoms with Crippen molar-refractivity contribution >= 4 is 33.0 Å². The number of anilines is 1. The largest absolute Gasteiger partial charge is 0.477 e. The van der Waals surface area contributed by atoms with Gasteiger partial charge in [0.15, 0.2) is 0 Å². The summed E-state index contributed by atoms with van der Waals surface area (Å²) in [6.45, 7) is 6.16. The summed E-state index contributed by atoms with van der Waals surface area (Å²) in [5.41, 5.74) is 1.26. The first kappa shape index (κ1) is 25.7. The first-order valence-corrected chi connectivity index (χ1v) is 14.1. The van der Waals surface area contributed by atoms with Crippen molar-refractivity contribution < 1.29 is 23.4 Å². The molecule has 0 spiro atoms. The molecule has 2 N–H and O–H groups in total. The number of benzene rings is 1. The van der Waals surface area contributed by atoms with E-state index in [0.29, 0.717) is 17.0 Å². The molecule has 1 aromatic carbocycles. The number of nitrogens with zero attached hydrogens (tertiary/aromatic N) is 1. The molecule has 182 valence electrons. The Hall–Kier alpha value is -1.90. The molecule has 8 heteroatoms. The van der Waals surface area contributed by atoms with Crippen molar-refractivity contribution in [3.05, 3.63) is 51.7 Å². The molecule has 2 unspecified atom stereocenters. The second-order valence-electron chi connectivity index (χ2n) is 9.44. The molecule has 33 heavy (non-hydrogen) atoms. The number of carbonyl (C=O) groups is 1. The van der Waals surface area contributed by atoms with E-state index in [2.05, 4.69) is 6.92 Å². The zero-order valence-corrected chi connectivity index (χ0v) is 21.3. The number of aliphatic hydroxyl groups excluding tert-OH is 1. The van der Waals surface area contributed by atoms with E-state index >= 15 is 0 Å². The predicted molar refractivity (Wildman–Crippen MR) is 134 cm³/mol. The number of hydrogen-bond donors (Lipinski definition) is 2. The van der Waals surface area contributed by atoms with Gasteiger partial charge in [-0.05, 0) is 61.9 Å². The van der Waals surface area contributed by atoms with Crippen LogP contribution >= 0.6 is 11.3 Å². The Morgan fingerprint density at radius 1 is 1.18 bits per heavy atom. The summed E-state index contributed by atoms with van der Waals surface area (Å²) in [6, 6.07) is 11.0. The summed E-state index contributed by atoms with van der Waals surface area (Å²) >= 11 is 1.28. The number of carboxylic acids is 1. The van der Waals surface area contributed by atoms with E-state index in [1.54, 1.807) is 10.4 Å². The molecule has 0 bridgehead atoms. The van der Waals surface area contributed by atoms with E-state index in [9.17, 15) is 18.3 Å². The third kappa shape index (κ3) is 5.97. The van der Waals surface area contributed by atoms with Crippen LogP contribution in [-0.2, 0) is 21.9 Å². The van der Waals surface area contributed by atoms with Crippen LogP contribution in [0.1, 0.15) is 79.4 Å².